The molecule has 0 aliphatic rings. The first-order chi connectivity index (χ1) is 15.8. The van der Waals surface area contributed by atoms with Gasteiger partial charge in [0.05, 0.1) is 11.9 Å². The Morgan fingerprint density at radius 2 is 1.74 bits per heavy atom. The fourth-order valence-electron chi connectivity index (χ4n) is 3.48. The number of carbonyl (C=O) groups excluding carboxylic acids is 2. The van der Waals surface area contributed by atoms with E-state index in [1.54, 1.807) is 19.1 Å². The SMILES string of the molecule is CC[C@H](C)NC(=O)[C@@H](C)N(Cc1cccc(Br)c1)C(=O)CN(c1cccc(C)c1C)S(C)(=O)=O. The van der Waals surface area contributed by atoms with Crippen molar-refractivity contribution in [2.24, 2.45) is 0 Å². The Morgan fingerprint density at radius 3 is 2.32 bits per heavy atom. The van der Waals surface area contributed by atoms with Crippen LogP contribution < -0.4 is 9.62 Å². The zero-order valence-corrected chi connectivity index (χ0v) is 23.0. The molecule has 0 bridgehead atoms. The molecule has 7 nitrogen and oxygen atoms in total. The summed E-state index contributed by atoms with van der Waals surface area (Å²) in [5.74, 6) is -0.742. The average Bonchev–Trinajstić information content (AvgIpc) is 2.76. The number of benzene rings is 2. The third-order valence-electron chi connectivity index (χ3n) is 5.93. The normalized spacial score (nSPS) is 13.1. The molecule has 0 aliphatic heterocycles. The molecular formula is C25H34BrN3O4S. The monoisotopic (exact) mass is 551 g/mol. The molecule has 0 aliphatic carbocycles. The molecule has 0 unspecified atom stereocenters. The van der Waals surface area contributed by atoms with E-state index in [9.17, 15) is 18.0 Å². The minimum Gasteiger partial charge on any atom is -0.352 e. The fourth-order valence-corrected chi connectivity index (χ4v) is 4.83. The van der Waals surface area contributed by atoms with E-state index < -0.39 is 28.5 Å². The number of halogens is 1. The molecule has 34 heavy (non-hydrogen) atoms. The standard InChI is InChI=1S/C25H34BrN3O4S/c1-7-18(3)27-25(31)20(5)28(15-21-11-9-12-22(26)14-21)24(30)16-29(34(6,32)33)23-13-8-10-17(2)19(23)4/h8-14,18,20H,7,15-16H2,1-6H3,(H,27,31)/t18-,20+/m0/s1. The van der Waals surface area contributed by atoms with E-state index in [0.29, 0.717) is 5.69 Å². The molecule has 1 N–H and O–H groups in total. The highest BCUT2D eigenvalue weighted by molar-refractivity contribution is 9.10. The molecule has 2 aromatic carbocycles. The van der Waals surface area contributed by atoms with E-state index in [4.69, 9.17) is 0 Å². The van der Waals surface area contributed by atoms with Crippen LogP contribution in [0.3, 0.4) is 0 Å². The molecule has 2 rings (SSSR count). The number of rotatable bonds is 10. The van der Waals surface area contributed by atoms with Gasteiger partial charge in [-0.3, -0.25) is 13.9 Å². The highest BCUT2D eigenvalue weighted by Crippen LogP contribution is 2.25. The zero-order chi connectivity index (χ0) is 25.6. The van der Waals surface area contributed by atoms with Crippen molar-refractivity contribution < 1.29 is 18.0 Å². The molecule has 2 aromatic rings. The quantitative estimate of drug-likeness (QED) is 0.480. The molecular weight excluding hydrogens is 518 g/mol. The third kappa shape index (κ3) is 7.30. The van der Waals surface area contributed by atoms with Gasteiger partial charge in [-0.2, -0.15) is 0 Å². The number of aryl methyl sites for hydroxylation is 1. The van der Waals surface area contributed by atoms with Gasteiger partial charge in [0.1, 0.15) is 12.6 Å². The predicted octanol–water partition coefficient (Wildman–Crippen LogP) is 4.16. The lowest BCUT2D eigenvalue weighted by molar-refractivity contribution is -0.139. The molecule has 186 valence electrons. The van der Waals surface area contributed by atoms with E-state index in [1.807, 2.05) is 58.0 Å². The van der Waals surface area contributed by atoms with Gasteiger partial charge in [-0.05, 0) is 69.0 Å². The van der Waals surface area contributed by atoms with Gasteiger partial charge < -0.3 is 10.2 Å². The number of anilines is 1. The second kappa shape index (κ2) is 11.8. The molecule has 0 saturated heterocycles. The van der Waals surface area contributed by atoms with Crippen LogP contribution in [0.25, 0.3) is 0 Å². The molecule has 0 radical (unpaired) electrons. The molecule has 0 heterocycles. The Kier molecular flexibility index (Phi) is 9.70. The molecule has 2 atom stereocenters. The fraction of sp³-hybridized carbons (Fsp3) is 0.440. The Morgan fingerprint density at radius 1 is 1.09 bits per heavy atom. The van der Waals surface area contributed by atoms with Gasteiger partial charge in [-0.1, -0.05) is 47.1 Å². The lowest BCUT2D eigenvalue weighted by atomic mass is 10.1. The smallest absolute Gasteiger partial charge is 0.244 e. The number of hydrogen-bond donors (Lipinski definition) is 1. The maximum absolute atomic E-state index is 13.6. The van der Waals surface area contributed by atoms with Gasteiger partial charge in [0, 0.05) is 17.1 Å². The number of nitrogens with zero attached hydrogens (tertiary/aromatic N) is 2. The Balaban J connectivity index is 2.43. The second-order valence-corrected chi connectivity index (χ2v) is 11.5. The molecule has 0 saturated carbocycles. The number of amides is 2. The van der Waals surface area contributed by atoms with Crippen molar-refractivity contribution >= 4 is 43.5 Å². The van der Waals surface area contributed by atoms with Crippen LogP contribution in [-0.2, 0) is 26.2 Å². The summed E-state index contributed by atoms with van der Waals surface area (Å²) >= 11 is 3.44. The van der Waals surface area contributed by atoms with Gasteiger partial charge in [0.25, 0.3) is 0 Å². The number of hydrogen-bond acceptors (Lipinski definition) is 4. The van der Waals surface area contributed by atoms with Crippen LogP contribution in [0.15, 0.2) is 46.9 Å². The van der Waals surface area contributed by atoms with E-state index in [0.717, 1.165) is 38.1 Å². The van der Waals surface area contributed by atoms with Gasteiger partial charge >= 0.3 is 0 Å². The minimum atomic E-state index is -3.76. The second-order valence-electron chi connectivity index (χ2n) is 8.63. The first-order valence-electron chi connectivity index (χ1n) is 11.2. The summed E-state index contributed by atoms with van der Waals surface area (Å²) in [6.45, 7) is 9.01. The Hall–Kier alpha value is -2.39. The topological polar surface area (TPSA) is 86.8 Å². The number of sulfonamides is 1. The van der Waals surface area contributed by atoms with Crippen LogP contribution in [0, 0.1) is 13.8 Å². The molecule has 0 fully saturated rings. The van der Waals surface area contributed by atoms with Crippen LogP contribution in [0.1, 0.15) is 43.9 Å². The predicted molar refractivity (Wildman–Crippen MR) is 140 cm³/mol. The van der Waals surface area contributed by atoms with Crippen LogP contribution in [0.5, 0.6) is 0 Å². The largest absolute Gasteiger partial charge is 0.352 e. The summed E-state index contributed by atoms with van der Waals surface area (Å²) in [6, 6.07) is 12.0. The number of carbonyl (C=O) groups is 2. The van der Waals surface area contributed by atoms with Crippen molar-refractivity contribution in [1.29, 1.82) is 0 Å². The summed E-state index contributed by atoms with van der Waals surface area (Å²) in [4.78, 5) is 27.9. The van der Waals surface area contributed by atoms with Crippen LogP contribution in [-0.4, -0.2) is 50.0 Å². The Labute approximate surface area is 211 Å². The summed E-state index contributed by atoms with van der Waals surface area (Å²) in [5.41, 5.74) is 2.98. The first kappa shape index (κ1) is 27.9. The van der Waals surface area contributed by atoms with Gasteiger partial charge in [-0.15, -0.1) is 0 Å². The minimum absolute atomic E-state index is 0.0415. The summed E-state index contributed by atoms with van der Waals surface area (Å²) in [7, 11) is -3.76. The van der Waals surface area contributed by atoms with Crippen molar-refractivity contribution in [3.05, 3.63) is 63.6 Å². The highest BCUT2D eigenvalue weighted by Gasteiger charge is 2.31. The summed E-state index contributed by atoms with van der Waals surface area (Å²) in [5, 5.41) is 2.92. The first-order valence-corrected chi connectivity index (χ1v) is 13.9. The summed E-state index contributed by atoms with van der Waals surface area (Å²) in [6.07, 6.45) is 1.84. The average molecular weight is 553 g/mol. The lowest BCUT2D eigenvalue weighted by Crippen LogP contribution is -2.52. The van der Waals surface area contributed by atoms with Crippen LogP contribution in [0.2, 0.25) is 0 Å². The van der Waals surface area contributed by atoms with Gasteiger partial charge in [0.2, 0.25) is 21.8 Å². The molecule has 2 amide bonds. The molecule has 9 heteroatoms. The zero-order valence-electron chi connectivity index (χ0n) is 20.6. The summed E-state index contributed by atoms with van der Waals surface area (Å²) < 4.78 is 27.4. The van der Waals surface area contributed by atoms with Gasteiger partial charge in [0.15, 0.2) is 0 Å². The maximum atomic E-state index is 13.6. The van der Waals surface area contributed by atoms with E-state index in [2.05, 4.69) is 21.2 Å². The van der Waals surface area contributed by atoms with Crippen molar-refractivity contribution in [3.8, 4) is 0 Å². The van der Waals surface area contributed by atoms with E-state index in [-0.39, 0.29) is 18.5 Å². The van der Waals surface area contributed by atoms with Crippen molar-refractivity contribution in [2.45, 2.75) is 59.7 Å². The number of nitrogens with one attached hydrogen (secondary N) is 1. The lowest BCUT2D eigenvalue weighted by Gasteiger charge is -2.32. The highest BCUT2D eigenvalue weighted by atomic mass is 79.9. The van der Waals surface area contributed by atoms with Crippen molar-refractivity contribution in [2.75, 3.05) is 17.1 Å². The van der Waals surface area contributed by atoms with Crippen LogP contribution >= 0.6 is 15.9 Å². The van der Waals surface area contributed by atoms with Crippen molar-refractivity contribution in [3.63, 3.8) is 0 Å². The van der Waals surface area contributed by atoms with Crippen LogP contribution in [0.4, 0.5) is 5.69 Å². The van der Waals surface area contributed by atoms with E-state index >= 15 is 0 Å². The Bertz CT molecular complexity index is 1140. The maximum Gasteiger partial charge on any atom is 0.244 e. The van der Waals surface area contributed by atoms with Gasteiger partial charge in [-0.25, -0.2) is 8.42 Å². The molecule has 0 spiro atoms. The van der Waals surface area contributed by atoms with E-state index in [1.165, 1.54) is 4.90 Å². The molecule has 0 aromatic heterocycles. The van der Waals surface area contributed by atoms with Crippen molar-refractivity contribution in [1.82, 2.24) is 10.2 Å². The third-order valence-corrected chi connectivity index (χ3v) is 7.55.